The molecule has 1 unspecified atom stereocenters. The van der Waals surface area contributed by atoms with Gasteiger partial charge < -0.3 is 15.5 Å². The molecule has 1 amide bonds. The van der Waals surface area contributed by atoms with Gasteiger partial charge >= 0.3 is 5.97 Å². The van der Waals surface area contributed by atoms with E-state index in [2.05, 4.69) is 5.32 Å². The summed E-state index contributed by atoms with van der Waals surface area (Å²) in [6.07, 6.45) is 0. The molecular weight excluding hydrogens is 321 g/mol. The van der Waals surface area contributed by atoms with Crippen LogP contribution in [0.3, 0.4) is 0 Å². The number of carboxylic acids is 1. The number of aliphatic hydroxyl groups is 1. The van der Waals surface area contributed by atoms with Gasteiger partial charge in [0, 0.05) is 4.88 Å². The molecule has 0 spiro atoms. The van der Waals surface area contributed by atoms with Crippen molar-refractivity contribution in [2.45, 2.75) is 19.4 Å². The van der Waals surface area contributed by atoms with Crippen LogP contribution < -0.4 is 5.32 Å². The van der Waals surface area contributed by atoms with Crippen LogP contribution in [0.1, 0.15) is 21.5 Å². The van der Waals surface area contributed by atoms with Crippen molar-refractivity contribution in [2.24, 2.45) is 0 Å². The Morgan fingerprint density at radius 3 is 2.48 bits per heavy atom. The monoisotopic (exact) mass is 337 g/mol. The maximum atomic E-state index is 13.0. The third-order valence-electron chi connectivity index (χ3n) is 3.35. The number of hydrogen-bond donors (Lipinski definition) is 3. The standard InChI is InChI=1S/C16H16FNO4S/c1-9-12(10-3-5-11(17)6-4-10)7-13(23-9)14(19)18-8-16(2,22)15(20)21/h3-7,22H,8H2,1-2H3,(H,18,19)(H,20,21). The smallest absolute Gasteiger partial charge is 0.337 e. The second kappa shape index (κ2) is 6.47. The highest BCUT2D eigenvalue weighted by atomic mass is 32.1. The summed E-state index contributed by atoms with van der Waals surface area (Å²) in [5.41, 5.74) is -0.427. The van der Waals surface area contributed by atoms with Gasteiger partial charge in [0.2, 0.25) is 0 Å². The molecule has 5 nitrogen and oxygen atoms in total. The van der Waals surface area contributed by atoms with Gasteiger partial charge in [0.1, 0.15) is 5.82 Å². The molecule has 1 heterocycles. The first-order valence-electron chi connectivity index (χ1n) is 6.81. The molecular formula is C16H16FNO4S. The maximum Gasteiger partial charge on any atom is 0.337 e. The Balaban J connectivity index is 2.16. The highest BCUT2D eigenvalue weighted by molar-refractivity contribution is 7.14. The van der Waals surface area contributed by atoms with Gasteiger partial charge in [-0.3, -0.25) is 4.79 Å². The number of hydrogen-bond acceptors (Lipinski definition) is 4. The largest absolute Gasteiger partial charge is 0.479 e. The number of aryl methyl sites for hydroxylation is 1. The van der Waals surface area contributed by atoms with E-state index < -0.39 is 24.0 Å². The third kappa shape index (κ3) is 3.94. The van der Waals surface area contributed by atoms with E-state index in [-0.39, 0.29) is 5.82 Å². The Kier molecular flexibility index (Phi) is 4.82. The average molecular weight is 337 g/mol. The number of halogens is 1. The van der Waals surface area contributed by atoms with Crippen LogP contribution in [-0.2, 0) is 4.79 Å². The van der Waals surface area contributed by atoms with Crippen LogP contribution in [0.5, 0.6) is 0 Å². The summed E-state index contributed by atoms with van der Waals surface area (Å²) < 4.78 is 13.0. The van der Waals surface area contributed by atoms with Crippen LogP contribution in [0.15, 0.2) is 30.3 Å². The van der Waals surface area contributed by atoms with Gasteiger partial charge in [0.05, 0.1) is 11.4 Å². The fourth-order valence-electron chi connectivity index (χ4n) is 1.93. The summed E-state index contributed by atoms with van der Waals surface area (Å²) in [6.45, 7) is 2.55. The van der Waals surface area contributed by atoms with Gasteiger partial charge in [-0.1, -0.05) is 12.1 Å². The van der Waals surface area contributed by atoms with Gasteiger partial charge in [-0.05, 0) is 43.2 Å². The van der Waals surface area contributed by atoms with E-state index in [9.17, 15) is 19.1 Å². The molecule has 1 aromatic heterocycles. The van der Waals surface area contributed by atoms with Crippen molar-refractivity contribution in [3.05, 3.63) is 45.9 Å². The Morgan fingerprint density at radius 2 is 1.91 bits per heavy atom. The van der Waals surface area contributed by atoms with Crippen LogP contribution in [0.25, 0.3) is 11.1 Å². The summed E-state index contributed by atoms with van der Waals surface area (Å²) in [4.78, 5) is 24.2. The van der Waals surface area contributed by atoms with E-state index in [0.29, 0.717) is 4.88 Å². The molecule has 1 aromatic carbocycles. The summed E-state index contributed by atoms with van der Waals surface area (Å²) in [7, 11) is 0. The van der Waals surface area contributed by atoms with E-state index in [4.69, 9.17) is 5.11 Å². The first kappa shape index (κ1) is 17.1. The SMILES string of the molecule is Cc1sc(C(=O)NCC(C)(O)C(=O)O)cc1-c1ccc(F)cc1. The van der Waals surface area contributed by atoms with Gasteiger partial charge in [-0.2, -0.15) is 0 Å². The van der Waals surface area contributed by atoms with Gasteiger partial charge in [-0.25, -0.2) is 9.18 Å². The lowest BCUT2D eigenvalue weighted by Crippen LogP contribution is -2.46. The second-order valence-electron chi connectivity index (χ2n) is 5.35. The summed E-state index contributed by atoms with van der Waals surface area (Å²) in [6, 6.07) is 7.60. The lowest BCUT2D eigenvalue weighted by Gasteiger charge is -2.17. The number of benzene rings is 1. The Bertz CT molecular complexity index is 737. The molecule has 0 aliphatic carbocycles. The number of carbonyl (C=O) groups excluding carboxylic acids is 1. The number of carbonyl (C=O) groups is 2. The third-order valence-corrected chi connectivity index (χ3v) is 4.40. The molecule has 0 saturated heterocycles. The summed E-state index contributed by atoms with van der Waals surface area (Å²) in [5.74, 6) is -2.21. The molecule has 2 rings (SSSR count). The van der Waals surface area contributed by atoms with Gasteiger partial charge in [0.25, 0.3) is 5.91 Å². The number of nitrogens with one attached hydrogen (secondary N) is 1. The maximum absolute atomic E-state index is 13.0. The number of carboxylic acid groups (broad SMARTS) is 1. The molecule has 3 N–H and O–H groups in total. The van der Waals surface area contributed by atoms with E-state index in [0.717, 1.165) is 22.9 Å². The van der Waals surface area contributed by atoms with Crippen molar-refractivity contribution in [1.82, 2.24) is 5.32 Å². The van der Waals surface area contributed by atoms with Gasteiger partial charge in [0.15, 0.2) is 5.60 Å². The molecule has 23 heavy (non-hydrogen) atoms. The number of aliphatic carboxylic acids is 1. The molecule has 0 saturated carbocycles. The number of thiophene rings is 1. The number of amides is 1. The second-order valence-corrected chi connectivity index (χ2v) is 6.61. The van der Waals surface area contributed by atoms with E-state index in [1.54, 1.807) is 18.2 Å². The molecule has 122 valence electrons. The molecule has 0 bridgehead atoms. The van der Waals surface area contributed by atoms with Crippen molar-refractivity contribution in [2.75, 3.05) is 6.54 Å². The topological polar surface area (TPSA) is 86.6 Å². The first-order valence-corrected chi connectivity index (χ1v) is 7.63. The van der Waals surface area contributed by atoms with E-state index in [1.807, 2.05) is 6.92 Å². The number of rotatable bonds is 5. The van der Waals surface area contributed by atoms with Gasteiger partial charge in [-0.15, -0.1) is 11.3 Å². The highest BCUT2D eigenvalue weighted by Crippen LogP contribution is 2.31. The lowest BCUT2D eigenvalue weighted by molar-refractivity contribution is -0.155. The average Bonchev–Trinajstić information content (AvgIpc) is 2.87. The molecule has 0 fully saturated rings. The van der Waals surface area contributed by atoms with Crippen molar-refractivity contribution in [3.8, 4) is 11.1 Å². The minimum atomic E-state index is -2.03. The van der Waals surface area contributed by atoms with Crippen LogP contribution >= 0.6 is 11.3 Å². The van der Waals surface area contributed by atoms with Crippen LogP contribution in [-0.4, -0.2) is 34.2 Å². The molecule has 0 aliphatic heterocycles. The van der Waals surface area contributed by atoms with Crippen LogP contribution in [0, 0.1) is 12.7 Å². The Morgan fingerprint density at radius 1 is 1.30 bits per heavy atom. The minimum Gasteiger partial charge on any atom is -0.479 e. The van der Waals surface area contributed by atoms with Crippen LogP contribution in [0.2, 0.25) is 0 Å². The Hall–Kier alpha value is -2.25. The molecule has 1 atom stereocenters. The molecule has 7 heteroatoms. The van der Waals surface area contributed by atoms with E-state index >= 15 is 0 Å². The normalized spacial score (nSPS) is 13.4. The molecule has 2 aromatic rings. The van der Waals surface area contributed by atoms with Crippen molar-refractivity contribution in [1.29, 1.82) is 0 Å². The zero-order valence-corrected chi connectivity index (χ0v) is 13.4. The highest BCUT2D eigenvalue weighted by Gasteiger charge is 2.30. The quantitative estimate of drug-likeness (QED) is 0.782. The van der Waals surface area contributed by atoms with E-state index in [1.165, 1.54) is 23.5 Å². The lowest BCUT2D eigenvalue weighted by atomic mass is 10.1. The van der Waals surface area contributed by atoms with Crippen molar-refractivity contribution in [3.63, 3.8) is 0 Å². The first-order chi connectivity index (χ1) is 10.7. The van der Waals surface area contributed by atoms with Crippen molar-refractivity contribution < 1.29 is 24.2 Å². The Labute approximate surface area is 136 Å². The van der Waals surface area contributed by atoms with Crippen LogP contribution in [0.4, 0.5) is 4.39 Å². The molecule has 0 radical (unpaired) electrons. The summed E-state index contributed by atoms with van der Waals surface area (Å²) in [5, 5.41) is 20.8. The predicted octanol–water partition coefficient (Wildman–Crippen LogP) is 2.43. The zero-order valence-electron chi connectivity index (χ0n) is 12.6. The minimum absolute atomic E-state index is 0.337. The predicted molar refractivity (Wildman–Crippen MR) is 85.0 cm³/mol. The molecule has 0 aliphatic rings. The summed E-state index contributed by atoms with van der Waals surface area (Å²) >= 11 is 1.25. The van der Waals surface area contributed by atoms with Crippen molar-refractivity contribution >= 4 is 23.2 Å². The fourth-order valence-corrected chi connectivity index (χ4v) is 2.88. The zero-order chi connectivity index (χ0) is 17.2. The fraction of sp³-hybridized carbons (Fsp3) is 0.250.